The van der Waals surface area contributed by atoms with Gasteiger partial charge in [-0.05, 0) is 32.6 Å². The highest BCUT2D eigenvalue weighted by Gasteiger charge is 2.49. The van der Waals surface area contributed by atoms with E-state index in [0.29, 0.717) is 5.92 Å². The predicted molar refractivity (Wildman–Crippen MR) is 48.2 cm³/mol. The lowest BCUT2D eigenvalue weighted by Crippen LogP contribution is -2.43. The van der Waals surface area contributed by atoms with Crippen molar-refractivity contribution in [2.45, 2.75) is 57.7 Å². The maximum atomic E-state index is 9.72. The molecule has 0 radical (unpaired) electrons. The van der Waals surface area contributed by atoms with Gasteiger partial charge >= 0.3 is 0 Å². The van der Waals surface area contributed by atoms with Gasteiger partial charge in [0.1, 0.15) is 6.10 Å². The Bertz CT molecular complexity index is 182. The van der Waals surface area contributed by atoms with Crippen LogP contribution in [0.3, 0.4) is 0 Å². The van der Waals surface area contributed by atoms with Gasteiger partial charge in [0.15, 0.2) is 5.79 Å². The number of rotatable bonds is 0. The zero-order valence-corrected chi connectivity index (χ0v) is 8.49. The minimum atomic E-state index is -0.519. The Labute approximate surface area is 79.0 Å². The lowest BCUT2D eigenvalue weighted by Gasteiger charge is -2.32. The number of hydrogen-bond donors (Lipinski definition) is 1. The molecule has 13 heavy (non-hydrogen) atoms. The van der Waals surface area contributed by atoms with Crippen molar-refractivity contribution >= 4 is 0 Å². The van der Waals surface area contributed by atoms with Crippen molar-refractivity contribution in [1.29, 1.82) is 0 Å². The number of aliphatic hydroxyl groups is 1. The SMILES string of the molecule is CC1CCC(O)C2OC(C)(C)OC12. The molecule has 1 heterocycles. The topological polar surface area (TPSA) is 38.7 Å². The molecule has 2 aliphatic rings. The first-order valence-electron chi connectivity index (χ1n) is 5.03. The quantitative estimate of drug-likeness (QED) is 0.619. The standard InChI is InChI=1S/C10H18O3/c1-6-4-5-7(11)9-8(6)12-10(2,3)13-9/h6-9,11H,4-5H2,1-3H3. The second kappa shape index (κ2) is 2.94. The van der Waals surface area contributed by atoms with Gasteiger partial charge in [-0.25, -0.2) is 0 Å². The van der Waals surface area contributed by atoms with E-state index in [-0.39, 0.29) is 18.3 Å². The van der Waals surface area contributed by atoms with Crippen LogP contribution < -0.4 is 0 Å². The Kier molecular flexibility index (Phi) is 2.13. The summed E-state index contributed by atoms with van der Waals surface area (Å²) in [6, 6.07) is 0. The zero-order valence-electron chi connectivity index (χ0n) is 8.49. The Morgan fingerprint density at radius 2 is 1.77 bits per heavy atom. The van der Waals surface area contributed by atoms with E-state index < -0.39 is 5.79 Å². The largest absolute Gasteiger partial charge is 0.390 e. The van der Waals surface area contributed by atoms with Crippen molar-refractivity contribution in [3.8, 4) is 0 Å². The highest BCUT2D eigenvalue weighted by atomic mass is 16.8. The van der Waals surface area contributed by atoms with Crippen molar-refractivity contribution in [2.75, 3.05) is 0 Å². The highest BCUT2D eigenvalue weighted by Crippen LogP contribution is 2.39. The first-order valence-corrected chi connectivity index (χ1v) is 5.03. The fourth-order valence-electron chi connectivity index (χ4n) is 2.32. The van der Waals surface area contributed by atoms with E-state index in [1.807, 2.05) is 13.8 Å². The maximum absolute atomic E-state index is 9.72. The number of ether oxygens (including phenoxy) is 2. The molecule has 4 unspecified atom stereocenters. The molecule has 4 atom stereocenters. The Morgan fingerprint density at radius 1 is 1.15 bits per heavy atom. The van der Waals surface area contributed by atoms with Gasteiger partial charge in [0.25, 0.3) is 0 Å². The van der Waals surface area contributed by atoms with Crippen molar-refractivity contribution in [2.24, 2.45) is 5.92 Å². The molecule has 1 aliphatic heterocycles. The molecule has 0 aromatic rings. The highest BCUT2D eigenvalue weighted by molar-refractivity contribution is 4.93. The van der Waals surface area contributed by atoms with Crippen LogP contribution in [0.5, 0.6) is 0 Å². The molecular formula is C10H18O3. The minimum absolute atomic E-state index is 0.0822. The van der Waals surface area contributed by atoms with Crippen LogP contribution >= 0.6 is 0 Å². The van der Waals surface area contributed by atoms with Crippen LogP contribution in [0.2, 0.25) is 0 Å². The number of hydrogen-bond acceptors (Lipinski definition) is 3. The molecule has 76 valence electrons. The fourth-order valence-corrected chi connectivity index (χ4v) is 2.32. The van der Waals surface area contributed by atoms with Gasteiger partial charge in [0, 0.05) is 0 Å². The van der Waals surface area contributed by atoms with Crippen molar-refractivity contribution < 1.29 is 14.6 Å². The van der Waals surface area contributed by atoms with Crippen molar-refractivity contribution in [3.63, 3.8) is 0 Å². The molecule has 0 aromatic carbocycles. The van der Waals surface area contributed by atoms with Gasteiger partial charge < -0.3 is 14.6 Å². The summed E-state index contributed by atoms with van der Waals surface area (Å²) in [7, 11) is 0. The summed E-state index contributed by atoms with van der Waals surface area (Å²) >= 11 is 0. The molecule has 3 heteroatoms. The van der Waals surface area contributed by atoms with Crippen molar-refractivity contribution in [1.82, 2.24) is 0 Å². The molecule has 2 rings (SSSR count). The lowest BCUT2D eigenvalue weighted by molar-refractivity contribution is -0.154. The molecule has 0 spiro atoms. The third kappa shape index (κ3) is 1.60. The van der Waals surface area contributed by atoms with E-state index in [2.05, 4.69) is 6.92 Å². The first-order chi connectivity index (χ1) is 5.99. The Hall–Kier alpha value is -0.120. The van der Waals surface area contributed by atoms with Gasteiger partial charge in [-0.2, -0.15) is 0 Å². The van der Waals surface area contributed by atoms with Crippen LogP contribution in [-0.2, 0) is 9.47 Å². The third-order valence-electron chi connectivity index (χ3n) is 3.02. The van der Waals surface area contributed by atoms with Crippen molar-refractivity contribution in [3.05, 3.63) is 0 Å². The molecule has 0 bridgehead atoms. The molecule has 1 aliphatic carbocycles. The monoisotopic (exact) mass is 186 g/mol. The van der Waals surface area contributed by atoms with Crippen LogP contribution in [0.25, 0.3) is 0 Å². The fraction of sp³-hybridized carbons (Fsp3) is 1.00. The zero-order chi connectivity index (χ0) is 9.64. The molecule has 0 amide bonds. The third-order valence-corrected chi connectivity index (χ3v) is 3.02. The minimum Gasteiger partial charge on any atom is -0.390 e. The second-order valence-corrected chi connectivity index (χ2v) is 4.69. The number of fused-ring (bicyclic) bond motifs is 1. The summed E-state index contributed by atoms with van der Waals surface area (Å²) in [5.41, 5.74) is 0. The molecule has 1 N–H and O–H groups in total. The van der Waals surface area contributed by atoms with Gasteiger partial charge in [0.2, 0.25) is 0 Å². The maximum Gasteiger partial charge on any atom is 0.163 e. The molecule has 1 saturated heterocycles. The van der Waals surface area contributed by atoms with E-state index in [1.54, 1.807) is 0 Å². The van der Waals surface area contributed by atoms with Gasteiger partial charge in [-0.15, -0.1) is 0 Å². The summed E-state index contributed by atoms with van der Waals surface area (Å²) in [6.07, 6.45) is 1.49. The van der Waals surface area contributed by atoms with E-state index in [1.165, 1.54) is 0 Å². The van der Waals surface area contributed by atoms with E-state index in [0.717, 1.165) is 12.8 Å². The molecule has 1 saturated carbocycles. The van der Waals surface area contributed by atoms with E-state index >= 15 is 0 Å². The second-order valence-electron chi connectivity index (χ2n) is 4.69. The van der Waals surface area contributed by atoms with Gasteiger partial charge in [-0.3, -0.25) is 0 Å². The first kappa shape index (κ1) is 9.44. The summed E-state index contributed by atoms with van der Waals surface area (Å²) in [5.74, 6) is -0.0234. The predicted octanol–water partition coefficient (Wildman–Crippen LogP) is 1.30. The molecular weight excluding hydrogens is 168 g/mol. The Morgan fingerprint density at radius 3 is 2.38 bits per heavy atom. The summed E-state index contributed by atoms with van der Waals surface area (Å²) in [5, 5.41) is 9.72. The lowest BCUT2D eigenvalue weighted by atomic mass is 9.84. The average molecular weight is 186 g/mol. The Balaban J connectivity index is 2.14. The van der Waals surface area contributed by atoms with Crippen LogP contribution in [0.4, 0.5) is 0 Å². The van der Waals surface area contributed by atoms with Gasteiger partial charge in [-0.1, -0.05) is 6.92 Å². The normalized spacial score (nSPS) is 48.9. The van der Waals surface area contributed by atoms with Crippen LogP contribution in [0, 0.1) is 5.92 Å². The van der Waals surface area contributed by atoms with Crippen LogP contribution in [-0.4, -0.2) is 29.2 Å². The summed E-state index contributed by atoms with van der Waals surface area (Å²) in [6.45, 7) is 5.98. The molecule has 0 aromatic heterocycles. The molecule has 2 fully saturated rings. The number of aliphatic hydroxyl groups excluding tert-OH is 1. The molecule has 3 nitrogen and oxygen atoms in total. The summed E-state index contributed by atoms with van der Waals surface area (Å²) in [4.78, 5) is 0. The van der Waals surface area contributed by atoms with Crippen LogP contribution in [0.15, 0.2) is 0 Å². The summed E-state index contributed by atoms with van der Waals surface area (Å²) < 4.78 is 11.4. The van der Waals surface area contributed by atoms with Gasteiger partial charge in [0.05, 0.1) is 12.2 Å². The van der Waals surface area contributed by atoms with E-state index in [4.69, 9.17) is 9.47 Å². The van der Waals surface area contributed by atoms with Crippen LogP contribution in [0.1, 0.15) is 33.6 Å². The van der Waals surface area contributed by atoms with E-state index in [9.17, 15) is 5.11 Å². The average Bonchev–Trinajstić information content (AvgIpc) is 2.35. The smallest absolute Gasteiger partial charge is 0.163 e.